The van der Waals surface area contributed by atoms with Crippen LogP contribution in [0.5, 0.6) is 0 Å². The van der Waals surface area contributed by atoms with Gasteiger partial charge in [0.1, 0.15) is 0 Å². The molecule has 0 radical (unpaired) electrons. The third-order valence-corrected chi connectivity index (χ3v) is 3.96. The van der Waals surface area contributed by atoms with Gasteiger partial charge in [-0.2, -0.15) is 0 Å². The van der Waals surface area contributed by atoms with Crippen molar-refractivity contribution in [2.75, 3.05) is 25.9 Å². The lowest BCUT2D eigenvalue weighted by Crippen LogP contribution is -2.36. The lowest BCUT2D eigenvalue weighted by atomic mass is 9.97. The molecular weight excluding hydrogens is 224 g/mol. The van der Waals surface area contributed by atoms with Gasteiger partial charge in [-0.3, -0.25) is 4.90 Å². The fourth-order valence-corrected chi connectivity index (χ4v) is 2.42. The fourth-order valence-electron chi connectivity index (χ4n) is 2.42. The molecule has 0 atom stereocenters. The molecule has 1 heterocycles. The van der Waals surface area contributed by atoms with E-state index in [0.29, 0.717) is 0 Å². The third kappa shape index (κ3) is 3.03. The minimum Gasteiger partial charge on any atom is -0.398 e. The highest BCUT2D eigenvalue weighted by Crippen LogP contribution is 2.25. The van der Waals surface area contributed by atoms with Crippen LogP contribution < -0.4 is 5.73 Å². The molecule has 1 aromatic carbocycles. The lowest BCUT2D eigenvalue weighted by Gasteiger charge is -2.32. The van der Waals surface area contributed by atoms with Gasteiger partial charge in [-0.25, -0.2) is 0 Å². The summed E-state index contributed by atoms with van der Waals surface area (Å²) in [6.45, 7) is 7.47. The number of nitrogens with zero attached hydrogens (tertiary/aromatic N) is 1. The Morgan fingerprint density at radius 2 is 2.17 bits per heavy atom. The summed E-state index contributed by atoms with van der Waals surface area (Å²) in [7, 11) is 1.78. The van der Waals surface area contributed by atoms with Crippen LogP contribution in [0.3, 0.4) is 0 Å². The van der Waals surface area contributed by atoms with Gasteiger partial charge in [0.15, 0.2) is 0 Å². The van der Waals surface area contributed by atoms with Crippen LogP contribution in [0.25, 0.3) is 0 Å². The normalized spacial score (nSPS) is 16.6. The molecule has 1 aliphatic heterocycles. The number of nitrogen functional groups attached to an aromatic ring is 1. The second-order valence-corrected chi connectivity index (χ2v) is 5.72. The van der Waals surface area contributed by atoms with Crippen LogP contribution in [0.15, 0.2) is 18.2 Å². The van der Waals surface area contributed by atoms with E-state index >= 15 is 0 Å². The molecule has 0 amide bonds. The van der Waals surface area contributed by atoms with E-state index in [1.165, 1.54) is 11.1 Å². The lowest BCUT2D eigenvalue weighted by molar-refractivity contribution is 0.00642. The number of ether oxygens (including phenoxy) is 1. The zero-order chi connectivity index (χ0) is 13.2. The average Bonchev–Trinajstić information content (AvgIpc) is 2.37. The molecule has 0 fully saturated rings. The molecule has 3 heteroatoms. The van der Waals surface area contributed by atoms with Crippen LogP contribution in [0, 0.1) is 0 Å². The Labute approximate surface area is 110 Å². The molecule has 1 aliphatic rings. The van der Waals surface area contributed by atoms with Gasteiger partial charge < -0.3 is 10.5 Å². The van der Waals surface area contributed by atoms with E-state index in [1.807, 2.05) is 6.07 Å². The Bertz CT molecular complexity index is 415. The smallest absolute Gasteiger partial charge is 0.0634 e. The highest BCUT2D eigenvalue weighted by Gasteiger charge is 2.21. The van der Waals surface area contributed by atoms with E-state index in [2.05, 4.69) is 30.9 Å². The van der Waals surface area contributed by atoms with Crippen molar-refractivity contribution in [2.24, 2.45) is 0 Å². The average molecular weight is 248 g/mol. The van der Waals surface area contributed by atoms with E-state index in [1.54, 1.807) is 7.11 Å². The first-order chi connectivity index (χ1) is 8.52. The van der Waals surface area contributed by atoms with E-state index in [-0.39, 0.29) is 5.60 Å². The van der Waals surface area contributed by atoms with E-state index in [0.717, 1.165) is 38.2 Å². The van der Waals surface area contributed by atoms with Crippen LogP contribution in [0.1, 0.15) is 31.4 Å². The molecular formula is C15H24N2O. The largest absolute Gasteiger partial charge is 0.398 e. The highest BCUT2D eigenvalue weighted by molar-refractivity contribution is 5.51. The number of hydrogen-bond acceptors (Lipinski definition) is 3. The number of anilines is 1. The molecule has 2 N–H and O–H groups in total. The van der Waals surface area contributed by atoms with E-state index in [4.69, 9.17) is 10.5 Å². The zero-order valence-corrected chi connectivity index (χ0v) is 11.7. The Morgan fingerprint density at radius 3 is 2.89 bits per heavy atom. The number of fused-ring (bicyclic) bond motifs is 1. The molecule has 18 heavy (non-hydrogen) atoms. The van der Waals surface area contributed by atoms with Gasteiger partial charge in [-0.15, -0.1) is 0 Å². The van der Waals surface area contributed by atoms with Gasteiger partial charge in [0.25, 0.3) is 0 Å². The van der Waals surface area contributed by atoms with Gasteiger partial charge in [-0.05, 0) is 43.9 Å². The molecule has 0 aromatic heterocycles. The molecule has 1 aromatic rings. The second-order valence-electron chi connectivity index (χ2n) is 5.72. The summed E-state index contributed by atoms with van der Waals surface area (Å²) in [4.78, 5) is 2.49. The summed E-state index contributed by atoms with van der Waals surface area (Å²) in [5.41, 5.74) is 9.66. The Kier molecular flexibility index (Phi) is 3.93. The van der Waals surface area contributed by atoms with Crippen molar-refractivity contribution < 1.29 is 4.74 Å². The number of methoxy groups -OCH3 is 1. The van der Waals surface area contributed by atoms with Crippen LogP contribution >= 0.6 is 0 Å². The zero-order valence-electron chi connectivity index (χ0n) is 11.7. The second kappa shape index (κ2) is 5.29. The summed E-state index contributed by atoms with van der Waals surface area (Å²) >= 11 is 0. The van der Waals surface area contributed by atoms with Crippen molar-refractivity contribution in [2.45, 2.75) is 38.8 Å². The maximum absolute atomic E-state index is 6.01. The molecule has 0 bridgehead atoms. The Hall–Kier alpha value is -1.06. The van der Waals surface area contributed by atoms with Crippen LogP contribution in [-0.4, -0.2) is 30.7 Å². The number of benzene rings is 1. The molecule has 0 saturated carbocycles. The number of nitrogens with two attached hydrogens (primary N) is 1. The van der Waals surface area contributed by atoms with E-state index < -0.39 is 0 Å². The van der Waals surface area contributed by atoms with Crippen molar-refractivity contribution >= 4 is 5.69 Å². The monoisotopic (exact) mass is 248 g/mol. The quantitative estimate of drug-likeness (QED) is 0.832. The molecule has 0 spiro atoms. The predicted molar refractivity (Wildman–Crippen MR) is 75.5 cm³/mol. The SMILES string of the molecule is COC(C)(C)CCN1CCc2c(N)cccc2C1. The third-order valence-electron chi connectivity index (χ3n) is 3.96. The number of hydrogen-bond donors (Lipinski definition) is 1. The summed E-state index contributed by atoms with van der Waals surface area (Å²) in [6.07, 6.45) is 2.12. The van der Waals surface area contributed by atoms with Gasteiger partial charge in [0.2, 0.25) is 0 Å². The molecule has 100 valence electrons. The van der Waals surface area contributed by atoms with Gasteiger partial charge in [0.05, 0.1) is 5.60 Å². The topological polar surface area (TPSA) is 38.5 Å². The Balaban J connectivity index is 1.96. The van der Waals surface area contributed by atoms with Crippen molar-refractivity contribution in [1.82, 2.24) is 4.90 Å². The maximum atomic E-state index is 6.01. The van der Waals surface area contributed by atoms with Crippen LogP contribution in [0.2, 0.25) is 0 Å². The first kappa shape index (κ1) is 13.4. The van der Waals surface area contributed by atoms with E-state index in [9.17, 15) is 0 Å². The van der Waals surface area contributed by atoms with Crippen molar-refractivity contribution in [3.63, 3.8) is 0 Å². The first-order valence-corrected chi connectivity index (χ1v) is 6.65. The maximum Gasteiger partial charge on any atom is 0.0634 e. The van der Waals surface area contributed by atoms with Crippen molar-refractivity contribution in [1.29, 1.82) is 0 Å². The van der Waals surface area contributed by atoms with Gasteiger partial charge in [-0.1, -0.05) is 12.1 Å². The standard InChI is InChI=1S/C15H24N2O/c1-15(2,18-3)8-10-17-9-7-13-12(11-17)5-4-6-14(13)16/h4-6H,7-11,16H2,1-3H3. The minimum atomic E-state index is -0.0318. The molecule has 0 unspecified atom stereocenters. The molecule has 0 aliphatic carbocycles. The molecule has 3 nitrogen and oxygen atoms in total. The fraction of sp³-hybridized carbons (Fsp3) is 0.600. The van der Waals surface area contributed by atoms with Crippen molar-refractivity contribution in [3.05, 3.63) is 29.3 Å². The van der Waals surface area contributed by atoms with Gasteiger partial charge >= 0.3 is 0 Å². The van der Waals surface area contributed by atoms with Crippen LogP contribution in [0.4, 0.5) is 5.69 Å². The molecule has 2 rings (SSSR count). The highest BCUT2D eigenvalue weighted by atomic mass is 16.5. The summed E-state index contributed by atoms with van der Waals surface area (Å²) in [5.74, 6) is 0. The van der Waals surface area contributed by atoms with Gasteiger partial charge in [0, 0.05) is 32.4 Å². The minimum absolute atomic E-state index is 0.0318. The summed E-state index contributed by atoms with van der Waals surface area (Å²) < 4.78 is 5.47. The molecule has 0 saturated heterocycles. The van der Waals surface area contributed by atoms with Crippen molar-refractivity contribution in [3.8, 4) is 0 Å². The Morgan fingerprint density at radius 1 is 1.39 bits per heavy atom. The first-order valence-electron chi connectivity index (χ1n) is 6.65. The summed E-state index contributed by atoms with van der Waals surface area (Å²) in [6, 6.07) is 6.25. The number of rotatable bonds is 4. The van der Waals surface area contributed by atoms with Crippen LogP contribution in [-0.2, 0) is 17.7 Å². The summed E-state index contributed by atoms with van der Waals surface area (Å²) in [5, 5.41) is 0. The predicted octanol–water partition coefficient (Wildman–Crippen LogP) is 2.44.